The summed E-state index contributed by atoms with van der Waals surface area (Å²) in [7, 11) is 0. The lowest BCUT2D eigenvalue weighted by atomic mass is 10.2. The van der Waals surface area contributed by atoms with Crippen molar-refractivity contribution in [2.45, 2.75) is 20.0 Å². The normalized spacial score (nSPS) is 11.5. The SMILES string of the molecule is Cc1c(CF)cncc1OC(F)(F)F. The van der Waals surface area contributed by atoms with E-state index in [0.29, 0.717) is 0 Å². The van der Waals surface area contributed by atoms with E-state index in [9.17, 15) is 17.6 Å². The third kappa shape index (κ3) is 2.58. The van der Waals surface area contributed by atoms with Crippen LogP contribution in [0.2, 0.25) is 0 Å². The molecule has 0 aliphatic carbocycles. The first-order chi connectivity index (χ1) is 6.44. The molecule has 0 spiro atoms. The predicted molar refractivity (Wildman–Crippen MR) is 40.5 cm³/mol. The number of aromatic nitrogens is 1. The maximum Gasteiger partial charge on any atom is 0.573 e. The Balaban J connectivity index is 2.98. The maximum atomic E-state index is 12.2. The quantitative estimate of drug-likeness (QED) is 0.698. The zero-order chi connectivity index (χ0) is 10.8. The Morgan fingerprint density at radius 1 is 1.36 bits per heavy atom. The van der Waals surface area contributed by atoms with E-state index in [1.165, 1.54) is 13.1 Å². The molecule has 0 atom stereocenters. The Morgan fingerprint density at radius 2 is 2.00 bits per heavy atom. The van der Waals surface area contributed by atoms with Crippen LogP contribution in [0.5, 0.6) is 5.75 Å². The van der Waals surface area contributed by atoms with Crippen LogP contribution in [0.3, 0.4) is 0 Å². The average molecular weight is 209 g/mol. The number of nitrogens with zero attached hydrogens (tertiary/aromatic N) is 1. The summed E-state index contributed by atoms with van der Waals surface area (Å²) < 4.78 is 51.3. The second-order valence-electron chi connectivity index (χ2n) is 2.60. The Kier molecular flexibility index (Phi) is 2.93. The van der Waals surface area contributed by atoms with Crippen molar-refractivity contribution in [1.29, 1.82) is 0 Å². The van der Waals surface area contributed by atoms with Crippen molar-refractivity contribution in [1.82, 2.24) is 4.98 Å². The number of halogens is 4. The topological polar surface area (TPSA) is 22.1 Å². The summed E-state index contributed by atoms with van der Waals surface area (Å²) in [5.74, 6) is -0.465. The number of rotatable bonds is 2. The van der Waals surface area contributed by atoms with E-state index in [0.717, 1.165) is 6.20 Å². The van der Waals surface area contributed by atoms with Crippen LogP contribution in [0.1, 0.15) is 11.1 Å². The fourth-order valence-electron chi connectivity index (χ4n) is 0.909. The first kappa shape index (κ1) is 10.7. The zero-order valence-corrected chi connectivity index (χ0v) is 7.23. The van der Waals surface area contributed by atoms with Gasteiger partial charge in [-0.05, 0) is 6.92 Å². The van der Waals surface area contributed by atoms with Crippen LogP contribution in [-0.4, -0.2) is 11.3 Å². The van der Waals surface area contributed by atoms with Crippen LogP contribution in [-0.2, 0) is 6.67 Å². The highest BCUT2D eigenvalue weighted by atomic mass is 19.4. The van der Waals surface area contributed by atoms with Crippen LogP contribution >= 0.6 is 0 Å². The highest BCUT2D eigenvalue weighted by molar-refractivity contribution is 5.35. The van der Waals surface area contributed by atoms with Gasteiger partial charge in [0.2, 0.25) is 0 Å². The molecule has 0 aromatic carbocycles. The van der Waals surface area contributed by atoms with Crippen LogP contribution in [0.4, 0.5) is 17.6 Å². The van der Waals surface area contributed by atoms with Crippen LogP contribution in [0, 0.1) is 6.92 Å². The molecule has 0 aliphatic rings. The van der Waals surface area contributed by atoms with Crippen molar-refractivity contribution < 1.29 is 22.3 Å². The fourth-order valence-corrected chi connectivity index (χ4v) is 0.909. The van der Waals surface area contributed by atoms with Crippen LogP contribution < -0.4 is 4.74 Å². The summed E-state index contributed by atoms with van der Waals surface area (Å²) in [6, 6.07) is 0. The molecule has 6 heteroatoms. The summed E-state index contributed by atoms with van der Waals surface area (Å²) in [6.45, 7) is 0.478. The third-order valence-electron chi connectivity index (χ3n) is 1.64. The first-order valence-electron chi connectivity index (χ1n) is 3.69. The average Bonchev–Trinajstić information content (AvgIpc) is 2.06. The van der Waals surface area contributed by atoms with Gasteiger partial charge in [-0.25, -0.2) is 4.39 Å². The minimum atomic E-state index is -4.78. The molecule has 1 rings (SSSR count). The van der Waals surface area contributed by atoms with E-state index in [4.69, 9.17) is 0 Å². The summed E-state index contributed by atoms with van der Waals surface area (Å²) >= 11 is 0. The molecule has 0 aliphatic heterocycles. The lowest BCUT2D eigenvalue weighted by molar-refractivity contribution is -0.275. The Bertz CT molecular complexity index is 324. The highest BCUT2D eigenvalue weighted by Gasteiger charge is 2.32. The lowest BCUT2D eigenvalue weighted by Gasteiger charge is -2.11. The zero-order valence-electron chi connectivity index (χ0n) is 7.23. The molecule has 0 saturated carbocycles. The van der Waals surface area contributed by atoms with E-state index in [-0.39, 0.29) is 11.1 Å². The summed E-state index contributed by atoms with van der Waals surface area (Å²) in [4.78, 5) is 3.44. The molecule has 1 aromatic heterocycles. The molecule has 0 saturated heterocycles. The van der Waals surface area contributed by atoms with E-state index in [1.54, 1.807) is 0 Å². The Hall–Kier alpha value is -1.33. The largest absolute Gasteiger partial charge is 0.573 e. The maximum absolute atomic E-state index is 12.2. The van der Waals surface area contributed by atoms with Gasteiger partial charge in [0, 0.05) is 17.3 Å². The second kappa shape index (κ2) is 3.81. The molecule has 0 unspecified atom stereocenters. The number of hydrogen-bond acceptors (Lipinski definition) is 2. The minimum absolute atomic E-state index is 0.0896. The number of hydrogen-bond donors (Lipinski definition) is 0. The minimum Gasteiger partial charge on any atom is -0.404 e. The van der Waals surface area contributed by atoms with Gasteiger partial charge >= 0.3 is 6.36 Å². The van der Waals surface area contributed by atoms with Gasteiger partial charge in [0.25, 0.3) is 0 Å². The van der Waals surface area contributed by atoms with Gasteiger partial charge in [0.1, 0.15) is 6.67 Å². The van der Waals surface area contributed by atoms with E-state index < -0.39 is 18.8 Å². The number of ether oxygens (including phenoxy) is 1. The molecule has 1 heterocycles. The third-order valence-corrected chi connectivity index (χ3v) is 1.64. The van der Waals surface area contributed by atoms with Crippen molar-refractivity contribution in [3.05, 3.63) is 23.5 Å². The molecule has 78 valence electrons. The molecule has 14 heavy (non-hydrogen) atoms. The predicted octanol–water partition coefficient (Wildman–Crippen LogP) is 2.76. The Labute approximate surface area is 77.5 Å². The van der Waals surface area contributed by atoms with E-state index in [2.05, 4.69) is 9.72 Å². The van der Waals surface area contributed by atoms with Crippen LogP contribution in [0.25, 0.3) is 0 Å². The summed E-state index contributed by atoms with van der Waals surface area (Å²) in [6.07, 6.45) is -2.71. The molecule has 1 aromatic rings. The monoisotopic (exact) mass is 209 g/mol. The lowest BCUT2D eigenvalue weighted by Crippen LogP contribution is -2.18. The van der Waals surface area contributed by atoms with Gasteiger partial charge in [0.15, 0.2) is 5.75 Å². The molecule has 2 nitrogen and oxygen atoms in total. The standard InChI is InChI=1S/C8H7F4NO/c1-5-6(2-9)3-13-4-7(5)14-8(10,11)12/h3-4H,2H2,1H3. The second-order valence-corrected chi connectivity index (χ2v) is 2.60. The number of alkyl halides is 4. The molecular formula is C8H7F4NO. The highest BCUT2D eigenvalue weighted by Crippen LogP contribution is 2.27. The summed E-state index contributed by atoms with van der Waals surface area (Å²) in [5.41, 5.74) is 0.201. The number of pyridine rings is 1. The first-order valence-corrected chi connectivity index (χ1v) is 3.69. The van der Waals surface area contributed by atoms with Crippen molar-refractivity contribution in [2.24, 2.45) is 0 Å². The smallest absolute Gasteiger partial charge is 0.404 e. The van der Waals surface area contributed by atoms with Crippen molar-refractivity contribution in [3.63, 3.8) is 0 Å². The van der Waals surface area contributed by atoms with Crippen molar-refractivity contribution in [2.75, 3.05) is 0 Å². The molecule has 0 N–H and O–H groups in total. The van der Waals surface area contributed by atoms with Gasteiger partial charge in [-0.1, -0.05) is 0 Å². The summed E-state index contributed by atoms with van der Waals surface area (Å²) in [5, 5.41) is 0. The van der Waals surface area contributed by atoms with Crippen molar-refractivity contribution in [3.8, 4) is 5.75 Å². The van der Waals surface area contributed by atoms with Gasteiger partial charge in [-0.15, -0.1) is 13.2 Å². The van der Waals surface area contributed by atoms with Crippen LogP contribution in [0.15, 0.2) is 12.4 Å². The Morgan fingerprint density at radius 3 is 2.50 bits per heavy atom. The fraction of sp³-hybridized carbons (Fsp3) is 0.375. The molecule has 0 radical (unpaired) electrons. The van der Waals surface area contributed by atoms with E-state index >= 15 is 0 Å². The van der Waals surface area contributed by atoms with E-state index in [1.807, 2.05) is 0 Å². The molecule has 0 bridgehead atoms. The molecule has 0 fully saturated rings. The molecule has 0 amide bonds. The van der Waals surface area contributed by atoms with Crippen molar-refractivity contribution >= 4 is 0 Å². The van der Waals surface area contributed by atoms with Gasteiger partial charge < -0.3 is 4.74 Å². The van der Waals surface area contributed by atoms with Gasteiger partial charge in [0.05, 0.1) is 6.20 Å². The van der Waals surface area contributed by atoms with Gasteiger partial charge in [-0.3, -0.25) is 4.98 Å². The van der Waals surface area contributed by atoms with Gasteiger partial charge in [-0.2, -0.15) is 0 Å². The molecular weight excluding hydrogens is 202 g/mol.